The Hall–Kier alpha value is -1.88. The summed E-state index contributed by atoms with van der Waals surface area (Å²) in [7, 11) is 0. The maximum atomic E-state index is 12.3. The lowest BCUT2D eigenvalue weighted by Crippen LogP contribution is -2.49. The van der Waals surface area contributed by atoms with Crippen molar-refractivity contribution in [2.45, 2.75) is 13.5 Å². The van der Waals surface area contributed by atoms with Gasteiger partial charge in [0.15, 0.2) is 0 Å². The minimum Gasteiger partial charge on any atom is -0.378 e. The molecule has 1 aliphatic rings. The number of rotatable bonds is 3. The number of hydrogen-bond acceptors (Lipinski definition) is 3. The third kappa shape index (κ3) is 3.57. The Morgan fingerprint density at radius 2 is 1.85 bits per heavy atom. The third-order valence-electron chi connectivity index (χ3n) is 3.37. The van der Waals surface area contributed by atoms with Gasteiger partial charge in [-0.1, -0.05) is 30.3 Å². The maximum Gasteiger partial charge on any atom is 0.312 e. The van der Waals surface area contributed by atoms with E-state index in [1.165, 1.54) is 0 Å². The zero-order valence-electron chi connectivity index (χ0n) is 11.7. The Kier molecular flexibility index (Phi) is 5.12. The first-order chi connectivity index (χ1) is 9.72. The highest BCUT2D eigenvalue weighted by atomic mass is 16.5. The van der Waals surface area contributed by atoms with E-state index >= 15 is 0 Å². The van der Waals surface area contributed by atoms with Crippen LogP contribution in [0.25, 0.3) is 0 Å². The molecule has 5 nitrogen and oxygen atoms in total. The zero-order valence-corrected chi connectivity index (χ0v) is 11.7. The fraction of sp³-hybridized carbons (Fsp3) is 0.467. The van der Waals surface area contributed by atoms with Gasteiger partial charge in [0.25, 0.3) is 0 Å². The van der Waals surface area contributed by atoms with Gasteiger partial charge < -0.3 is 14.5 Å². The Balaban J connectivity index is 1.99. The molecule has 1 fully saturated rings. The van der Waals surface area contributed by atoms with Gasteiger partial charge in [-0.05, 0) is 12.5 Å². The molecular weight excluding hydrogens is 256 g/mol. The number of nitrogens with zero attached hydrogens (tertiary/aromatic N) is 2. The molecular formula is C15H20N2O3. The molecule has 0 N–H and O–H groups in total. The summed E-state index contributed by atoms with van der Waals surface area (Å²) in [6.07, 6.45) is 0. The van der Waals surface area contributed by atoms with Crippen LogP contribution in [0.3, 0.4) is 0 Å². The van der Waals surface area contributed by atoms with Crippen LogP contribution in [-0.4, -0.2) is 54.5 Å². The van der Waals surface area contributed by atoms with Crippen LogP contribution in [0.2, 0.25) is 0 Å². The predicted octanol–water partition coefficient (Wildman–Crippen LogP) is 0.894. The molecule has 0 atom stereocenters. The van der Waals surface area contributed by atoms with Crippen LogP contribution in [0.15, 0.2) is 30.3 Å². The van der Waals surface area contributed by atoms with Crippen molar-refractivity contribution in [3.8, 4) is 0 Å². The van der Waals surface area contributed by atoms with E-state index in [0.29, 0.717) is 39.4 Å². The van der Waals surface area contributed by atoms with Gasteiger partial charge in [-0.2, -0.15) is 0 Å². The lowest BCUT2D eigenvalue weighted by molar-refractivity contribution is -0.154. The molecule has 5 heteroatoms. The quantitative estimate of drug-likeness (QED) is 0.771. The van der Waals surface area contributed by atoms with E-state index in [2.05, 4.69) is 0 Å². The van der Waals surface area contributed by atoms with Crippen molar-refractivity contribution < 1.29 is 14.3 Å². The summed E-state index contributed by atoms with van der Waals surface area (Å²) in [6.45, 7) is 4.86. The molecule has 1 aromatic rings. The predicted molar refractivity (Wildman–Crippen MR) is 74.9 cm³/mol. The van der Waals surface area contributed by atoms with Crippen molar-refractivity contribution in [3.63, 3.8) is 0 Å². The highest BCUT2D eigenvalue weighted by molar-refractivity contribution is 6.34. The summed E-state index contributed by atoms with van der Waals surface area (Å²) in [4.78, 5) is 27.6. The molecule has 0 spiro atoms. The van der Waals surface area contributed by atoms with Crippen LogP contribution >= 0.6 is 0 Å². The van der Waals surface area contributed by atoms with Crippen LogP contribution in [-0.2, 0) is 20.9 Å². The summed E-state index contributed by atoms with van der Waals surface area (Å²) in [6, 6.07) is 9.69. The summed E-state index contributed by atoms with van der Waals surface area (Å²) in [5.41, 5.74) is 1.03. The second kappa shape index (κ2) is 7.05. The molecule has 0 aromatic heterocycles. The molecule has 0 bridgehead atoms. The van der Waals surface area contributed by atoms with Crippen molar-refractivity contribution in [1.29, 1.82) is 0 Å². The third-order valence-corrected chi connectivity index (χ3v) is 3.37. The first-order valence-electron chi connectivity index (χ1n) is 6.92. The van der Waals surface area contributed by atoms with Gasteiger partial charge in [-0.15, -0.1) is 0 Å². The largest absolute Gasteiger partial charge is 0.378 e. The van der Waals surface area contributed by atoms with Gasteiger partial charge in [0, 0.05) is 26.2 Å². The lowest BCUT2D eigenvalue weighted by Gasteiger charge is -2.29. The van der Waals surface area contributed by atoms with E-state index in [0.717, 1.165) is 5.56 Å². The van der Waals surface area contributed by atoms with Gasteiger partial charge in [-0.3, -0.25) is 9.59 Å². The van der Waals surface area contributed by atoms with Crippen molar-refractivity contribution in [2.24, 2.45) is 0 Å². The number of carbonyl (C=O) groups is 2. The highest BCUT2D eigenvalue weighted by Crippen LogP contribution is 2.07. The second-order valence-corrected chi connectivity index (χ2v) is 4.71. The fourth-order valence-electron chi connectivity index (χ4n) is 2.17. The van der Waals surface area contributed by atoms with Gasteiger partial charge in [-0.25, -0.2) is 0 Å². The monoisotopic (exact) mass is 276 g/mol. The second-order valence-electron chi connectivity index (χ2n) is 4.71. The Labute approximate surface area is 119 Å². The number of likely N-dealkylation sites (N-methyl/N-ethyl adjacent to an activating group) is 1. The first kappa shape index (κ1) is 14.5. The lowest BCUT2D eigenvalue weighted by atomic mass is 10.2. The van der Waals surface area contributed by atoms with E-state index in [-0.39, 0.29) is 0 Å². The van der Waals surface area contributed by atoms with Crippen molar-refractivity contribution in [1.82, 2.24) is 9.80 Å². The smallest absolute Gasteiger partial charge is 0.312 e. The van der Waals surface area contributed by atoms with E-state index < -0.39 is 11.8 Å². The van der Waals surface area contributed by atoms with Crippen LogP contribution in [0.5, 0.6) is 0 Å². The van der Waals surface area contributed by atoms with E-state index in [9.17, 15) is 9.59 Å². The normalized spacial score (nSPS) is 14.9. The molecule has 0 radical (unpaired) electrons. The average molecular weight is 276 g/mol. The van der Waals surface area contributed by atoms with E-state index in [4.69, 9.17) is 4.74 Å². The Morgan fingerprint density at radius 3 is 2.45 bits per heavy atom. The number of morpholine rings is 1. The molecule has 2 amide bonds. The molecule has 0 unspecified atom stereocenters. The first-order valence-corrected chi connectivity index (χ1v) is 6.92. The van der Waals surface area contributed by atoms with Crippen molar-refractivity contribution >= 4 is 11.8 Å². The molecule has 1 heterocycles. The molecule has 108 valence electrons. The highest BCUT2D eigenvalue weighted by Gasteiger charge is 2.27. The van der Waals surface area contributed by atoms with Crippen molar-refractivity contribution in [2.75, 3.05) is 32.8 Å². The number of ether oxygens (including phenoxy) is 1. The van der Waals surface area contributed by atoms with Gasteiger partial charge >= 0.3 is 11.8 Å². The minimum absolute atomic E-state index is 0.425. The number of amides is 2. The molecule has 1 aromatic carbocycles. The number of hydrogen-bond donors (Lipinski definition) is 0. The molecule has 2 rings (SSSR count). The van der Waals surface area contributed by atoms with Crippen molar-refractivity contribution in [3.05, 3.63) is 35.9 Å². The van der Waals surface area contributed by atoms with Crippen LogP contribution < -0.4 is 0 Å². The summed E-state index contributed by atoms with van der Waals surface area (Å²) in [5, 5.41) is 0. The SMILES string of the molecule is CCN(Cc1ccccc1)C(=O)C(=O)N1CCOCC1. The average Bonchev–Trinajstić information content (AvgIpc) is 2.53. The zero-order chi connectivity index (χ0) is 14.4. The molecule has 20 heavy (non-hydrogen) atoms. The summed E-state index contributed by atoms with van der Waals surface area (Å²) >= 11 is 0. The number of benzene rings is 1. The van der Waals surface area contributed by atoms with Gasteiger partial charge in [0.1, 0.15) is 0 Å². The van der Waals surface area contributed by atoms with Gasteiger partial charge in [0.05, 0.1) is 13.2 Å². The van der Waals surface area contributed by atoms with Crippen LogP contribution in [0.4, 0.5) is 0 Å². The summed E-state index contributed by atoms with van der Waals surface area (Å²) in [5.74, 6) is -0.857. The fourth-order valence-corrected chi connectivity index (χ4v) is 2.17. The molecule has 1 aliphatic heterocycles. The minimum atomic E-state index is -0.432. The summed E-state index contributed by atoms with van der Waals surface area (Å²) < 4.78 is 5.19. The maximum absolute atomic E-state index is 12.3. The molecule has 0 aliphatic carbocycles. The van der Waals surface area contributed by atoms with Crippen LogP contribution in [0, 0.1) is 0 Å². The van der Waals surface area contributed by atoms with E-state index in [1.54, 1.807) is 9.80 Å². The van der Waals surface area contributed by atoms with E-state index in [1.807, 2.05) is 37.3 Å². The number of carbonyl (C=O) groups excluding carboxylic acids is 2. The van der Waals surface area contributed by atoms with Gasteiger partial charge in [0.2, 0.25) is 0 Å². The molecule has 1 saturated heterocycles. The topological polar surface area (TPSA) is 49.9 Å². The van der Waals surface area contributed by atoms with Crippen LogP contribution in [0.1, 0.15) is 12.5 Å². The Morgan fingerprint density at radius 1 is 1.20 bits per heavy atom. The Bertz CT molecular complexity index is 455. The standard InChI is InChI=1S/C15H20N2O3/c1-2-16(12-13-6-4-3-5-7-13)14(18)15(19)17-8-10-20-11-9-17/h3-7H,2,8-12H2,1H3. The molecule has 0 saturated carbocycles.